The maximum absolute atomic E-state index is 11.6. The fourth-order valence-corrected chi connectivity index (χ4v) is 9.83. The maximum Gasteiger partial charge on any atom is 0.303 e. The number of halogens is 1. The summed E-state index contributed by atoms with van der Waals surface area (Å²) in [4.78, 5) is 28.9. The van der Waals surface area contributed by atoms with Gasteiger partial charge in [0.05, 0.1) is 16.8 Å². The van der Waals surface area contributed by atoms with Crippen LogP contribution in [0.4, 0.5) is 0 Å². The number of ether oxygens (including phenoxy) is 4. The molecule has 5 aliphatic rings. The molecule has 3 saturated carbocycles. The number of hydrogen-bond donors (Lipinski definition) is 0. The Morgan fingerprint density at radius 3 is 2.57 bits per heavy atom. The average Bonchev–Trinajstić information content (AvgIpc) is 3.38. The summed E-state index contributed by atoms with van der Waals surface area (Å²) in [5.74, 6) is 2.21. The molecule has 0 radical (unpaired) electrons. The van der Waals surface area contributed by atoms with Crippen molar-refractivity contribution in [2.75, 3.05) is 6.61 Å². The number of para-hydroxylation sites is 1. The predicted octanol–water partition coefficient (Wildman–Crippen LogP) is 7.83. The van der Waals surface area contributed by atoms with Crippen LogP contribution in [-0.2, 0) is 28.5 Å². The first-order valence-corrected chi connectivity index (χ1v) is 17.3. The molecule has 0 saturated heterocycles. The molecule has 8 nitrogen and oxygen atoms in total. The van der Waals surface area contributed by atoms with Crippen molar-refractivity contribution in [2.45, 2.75) is 111 Å². The summed E-state index contributed by atoms with van der Waals surface area (Å²) in [6.07, 6.45) is 13.2. The fraction of sp³-hybridized carbons (Fsp3) is 0.649. The van der Waals surface area contributed by atoms with E-state index < -0.39 is 30.4 Å². The molecule has 1 aliphatic heterocycles. The van der Waals surface area contributed by atoms with Gasteiger partial charge in [0.1, 0.15) is 18.8 Å². The van der Waals surface area contributed by atoms with Gasteiger partial charge in [-0.25, -0.2) is 0 Å². The minimum Gasteiger partial charge on any atom is -0.463 e. The third-order valence-electron chi connectivity index (χ3n) is 11.9. The van der Waals surface area contributed by atoms with E-state index in [2.05, 4.69) is 32.0 Å². The molecule has 3 fully saturated rings. The van der Waals surface area contributed by atoms with Crippen LogP contribution in [0.25, 0.3) is 0 Å². The number of carbonyl (C=O) groups excluding carboxylic acids is 2. The topological polar surface area (TPSA) is 92.7 Å². The Balaban J connectivity index is 1.10. The summed E-state index contributed by atoms with van der Waals surface area (Å²) in [7, 11) is 0. The minimum atomic E-state index is -0.624. The van der Waals surface area contributed by atoms with E-state index >= 15 is 0 Å². The average molecular weight is 654 g/mol. The SMILES string of the molecule is CC(=O)OC[C@H]1OC(OC2CC[C@@]3(C)C(=CCC4C3CC[C@@]3(C)C4CC[C@@H]3/C(C)=N/Oc3ccccc3Cl)C2)C=C[C@@H]1OC(C)=O. The third kappa shape index (κ3) is 6.54. The zero-order valence-electron chi connectivity index (χ0n) is 27.7. The van der Waals surface area contributed by atoms with Crippen molar-refractivity contribution in [2.24, 2.45) is 39.7 Å². The molecule has 5 unspecified atom stereocenters. The van der Waals surface area contributed by atoms with Gasteiger partial charge in [-0.2, -0.15) is 0 Å². The van der Waals surface area contributed by atoms with Gasteiger partial charge in [0.2, 0.25) is 0 Å². The lowest BCUT2D eigenvalue weighted by Gasteiger charge is -2.58. The summed E-state index contributed by atoms with van der Waals surface area (Å²) in [6, 6.07) is 7.50. The van der Waals surface area contributed by atoms with Crippen molar-refractivity contribution in [1.82, 2.24) is 0 Å². The number of nitrogens with zero attached hydrogens (tertiary/aromatic N) is 1. The molecule has 10 atom stereocenters. The standard InChI is InChI=1S/C37H48ClNO7/c1-22(39-46-32-9-7-6-8-31(32)38)28-12-13-29-27-11-10-25-20-26(16-18-36(25,4)30(27)17-19-37(28,29)5)44-35-15-14-33(43-24(3)41)34(45-35)21-42-23(2)40/h6-10,14-15,26-30,33-35H,11-13,16-21H2,1-5H3/b39-22+/t26?,27?,28-,29?,30?,33+,34-,35?,36+,37-/m1/s1. The van der Waals surface area contributed by atoms with Crippen LogP contribution in [-0.4, -0.2) is 48.9 Å². The van der Waals surface area contributed by atoms with Crippen molar-refractivity contribution in [3.63, 3.8) is 0 Å². The number of hydrogen-bond acceptors (Lipinski definition) is 8. The predicted molar refractivity (Wildman–Crippen MR) is 175 cm³/mol. The van der Waals surface area contributed by atoms with Crippen LogP contribution in [0.15, 0.2) is 53.2 Å². The van der Waals surface area contributed by atoms with Crippen LogP contribution in [0.3, 0.4) is 0 Å². The van der Waals surface area contributed by atoms with E-state index in [1.165, 1.54) is 38.7 Å². The van der Waals surface area contributed by atoms with E-state index in [4.69, 9.17) is 35.4 Å². The normalized spacial score (nSPS) is 38.6. The lowest BCUT2D eigenvalue weighted by atomic mass is 9.47. The van der Waals surface area contributed by atoms with Gasteiger partial charge in [-0.3, -0.25) is 9.59 Å². The first-order valence-electron chi connectivity index (χ1n) is 16.9. The highest BCUT2D eigenvalue weighted by molar-refractivity contribution is 6.32. The van der Waals surface area contributed by atoms with Crippen molar-refractivity contribution < 1.29 is 33.4 Å². The van der Waals surface area contributed by atoms with E-state index in [0.717, 1.165) is 37.8 Å². The fourth-order valence-electron chi connectivity index (χ4n) is 9.66. The molecule has 4 aliphatic carbocycles. The monoisotopic (exact) mass is 653 g/mol. The summed E-state index contributed by atoms with van der Waals surface area (Å²) < 4.78 is 23.2. The summed E-state index contributed by atoms with van der Waals surface area (Å²) in [6.45, 7) is 9.83. The van der Waals surface area contributed by atoms with E-state index in [9.17, 15) is 9.59 Å². The van der Waals surface area contributed by atoms with Gasteiger partial charge < -0.3 is 23.8 Å². The number of allylic oxidation sites excluding steroid dienone is 1. The highest BCUT2D eigenvalue weighted by Crippen LogP contribution is 2.66. The van der Waals surface area contributed by atoms with Gasteiger partial charge in [-0.1, -0.05) is 54.4 Å². The van der Waals surface area contributed by atoms with E-state index in [0.29, 0.717) is 34.4 Å². The van der Waals surface area contributed by atoms with Gasteiger partial charge in [0.25, 0.3) is 0 Å². The molecule has 6 rings (SSSR count). The van der Waals surface area contributed by atoms with Crippen molar-refractivity contribution in [1.29, 1.82) is 0 Å². The second-order valence-electron chi connectivity index (χ2n) is 14.5. The molecule has 1 heterocycles. The van der Waals surface area contributed by atoms with Gasteiger partial charge in [-0.05, 0) is 111 Å². The van der Waals surface area contributed by atoms with Crippen LogP contribution in [0.2, 0.25) is 5.02 Å². The number of benzene rings is 1. The van der Waals surface area contributed by atoms with Crippen molar-refractivity contribution in [3.8, 4) is 5.75 Å². The van der Waals surface area contributed by atoms with Crippen LogP contribution in [0.5, 0.6) is 5.75 Å². The zero-order valence-corrected chi connectivity index (χ0v) is 28.5. The minimum absolute atomic E-state index is 0.00480. The lowest BCUT2D eigenvalue weighted by molar-refractivity contribution is -0.213. The second kappa shape index (κ2) is 13.4. The van der Waals surface area contributed by atoms with Crippen LogP contribution in [0, 0.1) is 34.5 Å². The Kier molecular flexibility index (Phi) is 9.71. The Morgan fingerprint density at radius 2 is 1.80 bits per heavy atom. The molecule has 9 heteroatoms. The Bertz CT molecular complexity index is 1410. The van der Waals surface area contributed by atoms with Crippen molar-refractivity contribution >= 4 is 29.3 Å². The smallest absolute Gasteiger partial charge is 0.303 e. The van der Waals surface area contributed by atoms with Gasteiger partial charge >= 0.3 is 11.9 Å². The highest BCUT2D eigenvalue weighted by atomic mass is 35.5. The molecular weight excluding hydrogens is 606 g/mol. The number of oxime groups is 1. The molecule has 0 bridgehead atoms. The molecule has 1 aromatic carbocycles. The largest absolute Gasteiger partial charge is 0.463 e. The van der Waals surface area contributed by atoms with Crippen LogP contribution >= 0.6 is 11.6 Å². The quantitative estimate of drug-likeness (QED) is 0.122. The molecule has 46 heavy (non-hydrogen) atoms. The third-order valence-corrected chi connectivity index (χ3v) is 12.2. The van der Waals surface area contributed by atoms with Gasteiger partial charge in [0, 0.05) is 19.8 Å². The number of fused-ring (bicyclic) bond motifs is 5. The Labute approximate surface area is 277 Å². The molecule has 0 aromatic heterocycles. The van der Waals surface area contributed by atoms with E-state index in [-0.39, 0.29) is 23.5 Å². The number of esters is 2. The van der Waals surface area contributed by atoms with E-state index in [1.54, 1.807) is 12.2 Å². The first-order chi connectivity index (χ1) is 22.0. The molecule has 1 aromatic rings. The van der Waals surface area contributed by atoms with Crippen LogP contribution < -0.4 is 4.84 Å². The number of carbonyl (C=O) groups is 2. The second-order valence-corrected chi connectivity index (χ2v) is 14.9. The zero-order chi connectivity index (χ0) is 32.6. The van der Waals surface area contributed by atoms with Crippen molar-refractivity contribution in [3.05, 3.63) is 53.1 Å². The van der Waals surface area contributed by atoms with Gasteiger partial charge in [-0.15, -0.1) is 0 Å². The van der Waals surface area contributed by atoms with Gasteiger partial charge in [0.15, 0.2) is 12.0 Å². The Hall–Kier alpha value is -2.68. The first kappa shape index (κ1) is 33.2. The molecule has 0 amide bonds. The van der Waals surface area contributed by atoms with Crippen LogP contribution in [0.1, 0.15) is 86.0 Å². The summed E-state index contributed by atoms with van der Waals surface area (Å²) in [5, 5.41) is 5.18. The highest BCUT2D eigenvalue weighted by Gasteiger charge is 2.59. The summed E-state index contributed by atoms with van der Waals surface area (Å²) >= 11 is 6.31. The molecule has 0 spiro atoms. The molecular formula is C37H48ClNO7. The summed E-state index contributed by atoms with van der Waals surface area (Å²) in [5.41, 5.74) is 3.01. The lowest BCUT2D eigenvalue weighted by Crippen LogP contribution is -2.51. The maximum atomic E-state index is 11.6. The Morgan fingerprint density at radius 1 is 1.00 bits per heavy atom. The van der Waals surface area contributed by atoms with E-state index in [1.807, 2.05) is 24.3 Å². The molecule has 250 valence electrons. The molecule has 0 N–H and O–H groups in total. The number of rotatable bonds is 8.